The molecule has 4 rings (SSSR count). The number of rotatable bonds is 5. The van der Waals surface area contributed by atoms with Crippen LogP contribution < -0.4 is 9.64 Å². The minimum absolute atomic E-state index is 0.0489. The van der Waals surface area contributed by atoms with Gasteiger partial charge in [-0.1, -0.05) is 17.7 Å². The predicted molar refractivity (Wildman–Crippen MR) is 119 cm³/mol. The number of aliphatic hydroxyl groups excluding tert-OH is 1. The summed E-state index contributed by atoms with van der Waals surface area (Å²) in [5.41, 5.74) is 1.61. The number of anilines is 1. The zero-order valence-electron chi connectivity index (χ0n) is 17.7. The van der Waals surface area contributed by atoms with E-state index < -0.39 is 17.7 Å². The van der Waals surface area contributed by atoms with Crippen molar-refractivity contribution in [3.8, 4) is 11.5 Å². The zero-order chi connectivity index (χ0) is 23.0. The Morgan fingerprint density at radius 2 is 2.03 bits per heavy atom. The van der Waals surface area contributed by atoms with Crippen molar-refractivity contribution < 1.29 is 29.3 Å². The van der Waals surface area contributed by atoms with E-state index >= 15 is 0 Å². The number of likely N-dealkylation sites (N-methyl/N-ethyl adjacent to an activating group) is 1. The smallest absolute Gasteiger partial charge is 0.295 e. The minimum atomic E-state index is -0.881. The van der Waals surface area contributed by atoms with Crippen molar-refractivity contribution >= 4 is 34.7 Å². The molecule has 1 saturated heterocycles. The highest BCUT2D eigenvalue weighted by molar-refractivity contribution is 6.46. The normalized spacial score (nSPS) is 19.8. The van der Waals surface area contributed by atoms with Crippen molar-refractivity contribution in [2.75, 3.05) is 45.4 Å². The molecule has 0 saturated carbocycles. The number of likely N-dealkylation sites (tertiary alicyclic amines) is 1. The second kappa shape index (κ2) is 8.72. The first kappa shape index (κ1) is 22.0. The highest BCUT2D eigenvalue weighted by Crippen LogP contribution is 2.42. The minimum Gasteiger partial charge on any atom is -0.507 e. The zero-order valence-corrected chi connectivity index (χ0v) is 18.4. The topological polar surface area (TPSA) is 99.5 Å². The average molecular weight is 459 g/mol. The number of phenolic OH excluding ortho intramolecular Hbond substituents is 1. The maximum absolute atomic E-state index is 13.0. The lowest BCUT2D eigenvalue weighted by Crippen LogP contribution is -2.32. The highest BCUT2D eigenvalue weighted by Gasteiger charge is 2.46. The van der Waals surface area contributed by atoms with Gasteiger partial charge in [-0.05, 0) is 35.9 Å². The van der Waals surface area contributed by atoms with E-state index in [1.807, 2.05) is 11.9 Å². The molecule has 0 bridgehead atoms. The maximum Gasteiger partial charge on any atom is 0.295 e. The number of ether oxygens (including phenoxy) is 2. The molecule has 0 spiro atoms. The van der Waals surface area contributed by atoms with Crippen molar-refractivity contribution in [3.63, 3.8) is 0 Å². The van der Waals surface area contributed by atoms with Gasteiger partial charge in [-0.2, -0.15) is 0 Å². The van der Waals surface area contributed by atoms with Gasteiger partial charge in [0.2, 0.25) is 0 Å². The van der Waals surface area contributed by atoms with E-state index in [4.69, 9.17) is 21.1 Å². The summed E-state index contributed by atoms with van der Waals surface area (Å²) >= 11 is 6.10. The number of methoxy groups -OCH3 is 1. The van der Waals surface area contributed by atoms with Crippen LogP contribution in [0.2, 0.25) is 5.02 Å². The van der Waals surface area contributed by atoms with Gasteiger partial charge in [0.25, 0.3) is 11.7 Å². The lowest BCUT2D eigenvalue weighted by atomic mass is 9.95. The second-order valence-electron chi connectivity index (χ2n) is 7.65. The first-order valence-electron chi connectivity index (χ1n) is 10.1. The van der Waals surface area contributed by atoms with Gasteiger partial charge >= 0.3 is 0 Å². The Morgan fingerprint density at radius 3 is 2.75 bits per heavy atom. The molecule has 1 fully saturated rings. The monoisotopic (exact) mass is 458 g/mol. The fourth-order valence-electron chi connectivity index (χ4n) is 3.99. The van der Waals surface area contributed by atoms with Gasteiger partial charge in [-0.3, -0.25) is 9.59 Å². The molecule has 1 atom stereocenters. The lowest BCUT2D eigenvalue weighted by molar-refractivity contribution is -0.140. The number of nitrogens with zero attached hydrogens (tertiary/aromatic N) is 2. The molecule has 168 valence electrons. The summed E-state index contributed by atoms with van der Waals surface area (Å²) in [7, 11) is 3.40. The second-order valence-corrected chi connectivity index (χ2v) is 8.06. The third-order valence-electron chi connectivity index (χ3n) is 5.69. The van der Waals surface area contributed by atoms with Crippen LogP contribution in [0.4, 0.5) is 5.69 Å². The van der Waals surface area contributed by atoms with Crippen molar-refractivity contribution in [3.05, 3.63) is 58.1 Å². The molecule has 2 heterocycles. The van der Waals surface area contributed by atoms with Crippen LogP contribution in [0.5, 0.6) is 11.5 Å². The summed E-state index contributed by atoms with van der Waals surface area (Å²) in [5.74, 6) is -1.27. The molecule has 0 aromatic heterocycles. The number of phenols is 1. The molecule has 32 heavy (non-hydrogen) atoms. The van der Waals surface area contributed by atoms with Crippen LogP contribution in [-0.2, 0) is 14.3 Å². The lowest BCUT2D eigenvalue weighted by Gasteiger charge is -2.28. The molecule has 2 aromatic rings. The average Bonchev–Trinajstić information content (AvgIpc) is 3.04. The number of hydrogen-bond donors (Lipinski definition) is 2. The Morgan fingerprint density at radius 1 is 1.25 bits per heavy atom. The number of carbonyl (C=O) groups is 2. The number of benzene rings is 2. The Labute approximate surface area is 190 Å². The molecule has 0 radical (unpaired) electrons. The Hall–Kier alpha value is -3.23. The van der Waals surface area contributed by atoms with Crippen LogP contribution in [0.1, 0.15) is 17.2 Å². The standard InChI is InChI=1S/C23H23ClN2O6/c1-25-7-10-32-18-6-4-14(12-16(18)25)21(28)19-20(13-3-5-17(27)15(24)11-13)26(8-9-31-2)23(30)22(19)29/h3-6,11-12,20,27-28H,7-10H2,1-2H3/b21-19-. The van der Waals surface area contributed by atoms with E-state index in [1.165, 1.54) is 24.1 Å². The summed E-state index contributed by atoms with van der Waals surface area (Å²) in [6.07, 6.45) is 0. The van der Waals surface area contributed by atoms with E-state index in [0.717, 1.165) is 5.69 Å². The number of ketones is 1. The summed E-state index contributed by atoms with van der Waals surface area (Å²) in [5, 5.41) is 21.1. The van der Waals surface area contributed by atoms with Crippen LogP contribution in [-0.4, -0.2) is 67.3 Å². The van der Waals surface area contributed by atoms with E-state index in [0.29, 0.717) is 30.0 Å². The molecule has 9 heteroatoms. The van der Waals surface area contributed by atoms with Crippen molar-refractivity contribution in [2.45, 2.75) is 6.04 Å². The van der Waals surface area contributed by atoms with Crippen molar-refractivity contribution in [1.29, 1.82) is 0 Å². The number of aliphatic hydroxyl groups is 1. The SMILES string of the molecule is COCCN1C(=O)C(=O)/C(=C(\O)c2ccc3c(c2)N(C)CCO3)C1c1ccc(O)c(Cl)c1. The molecule has 2 N–H and O–H groups in total. The Kier molecular flexibility index (Phi) is 5.99. The first-order chi connectivity index (χ1) is 15.3. The van der Waals surface area contributed by atoms with Crippen molar-refractivity contribution in [1.82, 2.24) is 4.90 Å². The molecule has 2 aliphatic heterocycles. The summed E-state index contributed by atoms with van der Waals surface area (Å²) < 4.78 is 10.7. The number of halogens is 1. The van der Waals surface area contributed by atoms with E-state index in [9.17, 15) is 19.8 Å². The van der Waals surface area contributed by atoms with Crippen LogP contribution in [0.15, 0.2) is 42.0 Å². The van der Waals surface area contributed by atoms with Gasteiger partial charge in [0.05, 0.1) is 35.5 Å². The maximum atomic E-state index is 13.0. The fourth-order valence-corrected chi connectivity index (χ4v) is 4.18. The van der Waals surface area contributed by atoms with Crippen LogP contribution in [0, 0.1) is 0 Å². The van der Waals surface area contributed by atoms with Gasteiger partial charge in [0.15, 0.2) is 0 Å². The number of Topliss-reactive ketones (excluding diaryl/α,β-unsaturated/α-hetero) is 1. The van der Waals surface area contributed by atoms with Gasteiger partial charge in [-0.25, -0.2) is 0 Å². The van der Waals surface area contributed by atoms with E-state index in [-0.39, 0.29) is 35.3 Å². The Balaban J connectivity index is 1.86. The van der Waals surface area contributed by atoms with Crippen molar-refractivity contribution in [2.24, 2.45) is 0 Å². The summed E-state index contributed by atoms with van der Waals surface area (Å²) in [6, 6.07) is 8.67. The van der Waals surface area contributed by atoms with E-state index in [2.05, 4.69) is 0 Å². The van der Waals surface area contributed by atoms with Crippen LogP contribution in [0.25, 0.3) is 5.76 Å². The molecule has 0 aliphatic carbocycles. The molecular formula is C23H23ClN2O6. The quantitative estimate of drug-likeness (QED) is 0.403. The number of carbonyl (C=O) groups excluding carboxylic acids is 2. The highest BCUT2D eigenvalue weighted by atomic mass is 35.5. The molecule has 2 aliphatic rings. The molecule has 8 nitrogen and oxygen atoms in total. The largest absolute Gasteiger partial charge is 0.507 e. The Bertz CT molecular complexity index is 1120. The number of aromatic hydroxyl groups is 1. The number of hydrogen-bond acceptors (Lipinski definition) is 7. The summed E-state index contributed by atoms with van der Waals surface area (Å²) in [4.78, 5) is 29.2. The first-order valence-corrected chi connectivity index (χ1v) is 10.5. The van der Waals surface area contributed by atoms with Gasteiger partial charge in [-0.15, -0.1) is 0 Å². The van der Waals surface area contributed by atoms with Crippen LogP contribution in [0.3, 0.4) is 0 Å². The van der Waals surface area contributed by atoms with Crippen LogP contribution >= 0.6 is 11.6 Å². The summed E-state index contributed by atoms with van der Waals surface area (Å²) in [6.45, 7) is 1.59. The third kappa shape index (κ3) is 3.76. The number of amides is 1. The third-order valence-corrected chi connectivity index (χ3v) is 5.99. The van der Waals surface area contributed by atoms with Gasteiger partial charge in [0, 0.05) is 26.3 Å². The van der Waals surface area contributed by atoms with Gasteiger partial charge in [0.1, 0.15) is 23.9 Å². The van der Waals surface area contributed by atoms with E-state index in [1.54, 1.807) is 24.3 Å². The molecule has 2 aromatic carbocycles. The number of fused-ring (bicyclic) bond motifs is 1. The predicted octanol–water partition coefficient (Wildman–Crippen LogP) is 2.94. The fraction of sp³-hybridized carbons (Fsp3) is 0.304. The molecule has 1 amide bonds. The molecule has 1 unspecified atom stereocenters. The molecular weight excluding hydrogens is 436 g/mol. The van der Waals surface area contributed by atoms with Gasteiger partial charge < -0.3 is 29.5 Å².